The number of para-hydroxylation sites is 1. The molecule has 2 aromatic carbocycles. The van der Waals surface area contributed by atoms with Crippen LogP contribution in [0.15, 0.2) is 54.7 Å². The zero-order valence-corrected chi connectivity index (χ0v) is 22.3. The zero-order valence-electron chi connectivity index (χ0n) is 22.3. The van der Waals surface area contributed by atoms with E-state index in [-0.39, 0.29) is 11.8 Å². The number of ether oxygens (including phenoxy) is 1. The standard InChI is InChI=1S/C28H34N6O3/c1-7-37-25-16-19(27(35)32(4)15-14-31(2)3)12-13-21(25)30-26-17-23-24(18-29-26)34(6)28(36)20-10-8-9-11-22(20)33(23)5/h8-13,16-18H,7,14-15H2,1-6H3,(H,29,30). The molecule has 1 aromatic heterocycles. The molecule has 194 valence electrons. The van der Waals surface area contributed by atoms with Gasteiger partial charge in [0, 0.05) is 45.9 Å². The van der Waals surface area contributed by atoms with Crippen LogP contribution >= 0.6 is 0 Å². The molecule has 0 atom stereocenters. The van der Waals surface area contributed by atoms with E-state index in [1.807, 2.05) is 74.3 Å². The van der Waals surface area contributed by atoms with Crippen LogP contribution in [0, 0.1) is 0 Å². The molecule has 9 nitrogen and oxygen atoms in total. The number of rotatable bonds is 8. The molecule has 1 N–H and O–H groups in total. The van der Waals surface area contributed by atoms with Gasteiger partial charge in [0.2, 0.25) is 0 Å². The quantitative estimate of drug-likeness (QED) is 0.494. The number of likely N-dealkylation sites (N-methyl/N-ethyl adjacent to an activating group) is 2. The van der Waals surface area contributed by atoms with Crippen LogP contribution in [0.4, 0.5) is 28.6 Å². The highest BCUT2D eigenvalue weighted by Gasteiger charge is 2.27. The van der Waals surface area contributed by atoms with Gasteiger partial charge in [-0.05, 0) is 51.4 Å². The van der Waals surface area contributed by atoms with E-state index in [1.165, 1.54) is 0 Å². The fourth-order valence-corrected chi connectivity index (χ4v) is 4.24. The molecule has 1 aliphatic heterocycles. The molecule has 0 saturated heterocycles. The number of nitrogens with one attached hydrogen (secondary N) is 1. The van der Waals surface area contributed by atoms with Crippen LogP contribution in [-0.4, -0.2) is 81.5 Å². The summed E-state index contributed by atoms with van der Waals surface area (Å²) in [6.07, 6.45) is 1.69. The molecule has 3 aromatic rings. The minimum atomic E-state index is -0.0850. The first kappa shape index (κ1) is 26.0. The molecule has 0 bridgehead atoms. The molecule has 0 aliphatic carbocycles. The number of benzene rings is 2. The van der Waals surface area contributed by atoms with Gasteiger partial charge < -0.3 is 29.7 Å². The molecule has 0 spiro atoms. The number of carbonyl (C=O) groups excluding carboxylic acids is 2. The van der Waals surface area contributed by atoms with Gasteiger partial charge in [-0.3, -0.25) is 9.59 Å². The highest BCUT2D eigenvalue weighted by atomic mass is 16.5. The average molecular weight is 503 g/mol. The molecular formula is C28H34N6O3. The number of anilines is 5. The summed E-state index contributed by atoms with van der Waals surface area (Å²) in [5.74, 6) is 1.01. The van der Waals surface area contributed by atoms with Gasteiger partial charge in [0.15, 0.2) is 0 Å². The molecule has 37 heavy (non-hydrogen) atoms. The fourth-order valence-electron chi connectivity index (χ4n) is 4.24. The highest BCUT2D eigenvalue weighted by molar-refractivity contribution is 6.13. The summed E-state index contributed by atoms with van der Waals surface area (Å²) in [5, 5.41) is 3.34. The Morgan fingerprint density at radius 2 is 1.73 bits per heavy atom. The molecule has 0 saturated carbocycles. The number of amides is 2. The van der Waals surface area contributed by atoms with Gasteiger partial charge in [0.1, 0.15) is 11.6 Å². The average Bonchev–Trinajstić information content (AvgIpc) is 2.97. The third kappa shape index (κ3) is 5.36. The van der Waals surface area contributed by atoms with Crippen LogP contribution < -0.4 is 19.9 Å². The van der Waals surface area contributed by atoms with Crippen molar-refractivity contribution < 1.29 is 14.3 Å². The highest BCUT2D eigenvalue weighted by Crippen LogP contribution is 2.40. The summed E-state index contributed by atoms with van der Waals surface area (Å²) in [6, 6.07) is 14.8. The van der Waals surface area contributed by atoms with Crippen LogP contribution in [-0.2, 0) is 0 Å². The molecule has 1 aliphatic rings. The van der Waals surface area contributed by atoms with Gasteiger partial charge in [-0.2, -0.15) is 0 Å². The third-order valence-electron chi connectivity index (χ3n) is 6.41. The summed E-state index contributed by atoms with van der Waals surface area (Å²) in [5.41, 5.74) is 4.26. The van der Waals surface area contributed by atoms with Gasteiger partial charge in [-0.15, -0.1) is 0 Å². The lowest BCUT2D eigenvalue weighted by Crippen LogP contribution is -2.33. The van der Waals surface area contributed by atoms with E-state index < -0.39 is 0 Å². The van der Waals surface area contributed by atoms with Crippen molar-refractivity contribution in [2.45, 2.75) is 6.92 Å². The third-order valence-corrected chi connectivity index (χ3v) is 6.41. The number of hydrogen-bond donors (Lipinski definition) is 1. The van der Waals surface area contributed by atoms with Gasteiger partial charge in [0.05, 0.1) is 41.1 Å². The zero-order chi connectivity index (χ0) is 26.7. The van der Waals surface area contributed by atoms with E-state index in [1.54, 1.807) is 42.2 Å². The number of carbonyl (C=O) groups is 2. The van der Waals surface area contributed by atoms with E-state index in [0.717, 1.165) is 17.9 Å². The number of hydrogen-bond acceptors (Lipinski definition) is 7. The number of fused-ring (bicyclic) bond motifs is 2. The lowest BCUT2D eigenvalue weighted by molar-refractivity contribution is 0.0785. The van der Waals surface area contributed by atoms with E-state index >= 15 is 0 Å². The van der Waals surface area contributed by atoms with E-state index in [9.17, 15) is 9.59 Å². The molecule has 4 rings (SSSR count). The van der Waals surface area contributed by atoms with Crippen LogP contribution in [0.1, 0.15) is 27.6 Å². The Labute approximate surface area is 218 Å². The maximum absolute atomic E-state index is 13.1. The Kier molecular flexibility index (Phi) is 7.63. The molecular weight excluding hydrogens is 468 g/mol. The second-order valence-electron chi connectivity index (χ2n) is 9.30. The molecule has 0 radical (unpaired) electrons. The Balaban J connectivity index is 1.64. The number of nitrogens with zero attached hydrogens (tertiary/aromatic N) is 5. The summed E-state index contributed by atoms with van der Waals surface area (Å²) >= 11 is 0. The lowest BCUT2D eigenvalue weighted by atomic mass is 10.1. The maximum atomic E-state index is 13.1. The van der Waals surface area contributed by atoms with E-state index in [2.05, 4.69) is 10.3 Å². The van der Waals surface area contributed by atoms with Crippen LogP contribution in [0.25, 0.3) is 0 Å². The molecule has 9 heteroatoms. The minimum absolute atomic E-state index is 0.0643. The van der Waals surface area contributed by atoms with Gasteiger partial charge in [-0.1, -0.05) is 12.1 Å². The molecule has 2 amide bonds. The molecule has 0 unspecified atom stereocenters. The predicted molar refractivity (Wildman–Crippen MR) is 148 cm³/mol. The Morgan fingerprint density at radius 1 is 0.973 bits per heavy atom. The van der Waals surface area contributed by atoms with Gasteiger partial charge in [0.25, 0.3) is 11.8 Å². The van der Waals surface area contributed by atoms with Crippen molar-refractivity contribution in [1.82, 2.24) is 14.8 Å². The van der Waals surface area contributed by atoms with Crippen LogP contribution in [0.5, 0.6) is 5.75 Å². The Bertz CT molecular complexity index is 1310. The monoisotopic (exact) mass is 502 g/mol. The van der Waals surface area contributed by atoms with E-state index in [4.69, 9.17) is 4.74 Å². The van der Waals surface area contributed by atoms with Crippen molar-refractivity contribution in [1.29, 1.82) is 0 Å². The van der Waals surface area contributed by atoms with Crippen molar-refractivity contribution in [3.8, 4) is 5.75 Å². The first-order chi connectivity index (χ1) is 17.7. The largest absolute Gasteiger partial charge is 0.492 e. The predicted octanol–water partition coefficient (Wildman–Crippen LogP) is 4.22. The Hall–Kier alpha value is -4.11. The summed E-state index contributed by atoms with van der Waals surface area (Å²) < 4.78 is 5.88. The lowest BCUT2D eigenvalue weighted by Gasteiger charge is -2.23. The topological polar surface area (TPSA) is 81.2 Å². The van der Waals surface area contributed by atoms with Crippen LogP contribution in [0.3, 0.4) is 0 Å². The van der Waals surface area contributed by atoms with Gasteiger partial charge >= 0.3 is 0 Å². The summed E-state index contributed by atoms with van der Waals surface area (Å²) in [6.45, 7) is 3.76. The number of aromatic nitrogens is 1. The van der Waals surface area contributed by atoms with Crippen molar-refractivity contribution >= 4 is 40.4 Å². The molecule has 2 heterocycles. The first-order valence-corrected chi connectivity index (χ1v) is 12.3. The second-order valence-corrected chi connectivity index (χ2v) is 9.30. The minimum Gasteiger partial charge on any atom is -0.492 e. The smallest absolute Gasteiger partial charge is 0.260 e. The van der Waals surface area contributed by atoms with Gasteiger partial charge in [-0.25, -0.2) is 4.98 Å². The SMILES string of the molecule is CCOc1cc(C(=O)N(C)CCN(C)C)ccc1Nc1cc2c(cn1)N(C)C(=O)c1ccccc1N2C. The summed E-state index contributed by atoms with van der Waals surface area (Å²) in [4.78, 5) is 37.9. The first-order valence-electron chi connectivity index (χ1n) is 12.3. The Morgan fingerprint density at radius 3 is 2.46 bits per heavy atom. The van der Waals surface area contributed by atoms with Crippen molar-refractivity contribution in [2.24, 2.45) is 0 Å². The normalized spacial score (nSPS) is 12.7. The fraction of sp³-hybridized carbons (Fsp3) is 0.321. The van der Waals surface area contributed by atoms with Crippen molar-refractivity contribution in [3.05, 3.63) is 65.9 Å². The second kappa shape index (κ2) is 10.9. The number of pyridine rings is 1. The van der Waals surface area contributed by atoms with Crippen LogP contribution in [0.2, 0.25) is 0 Å². The van der Waals surface area contributed by atoms with Crippen molar-refractivity contribution in [2.75, 3.05) is 70.1 Å². The van der Waals surface area contributed by atoms with Crippen molar-refractivity contribution in [3.63, 3.8) is 0 Å². The van der Waals surface area contributed by atoms with E-state index in [0.29, 0.717) is 47.2 Å². The summed E-state index contributed by atoms with van der Waals surface area (Å²) in [7, 11) is 9.45. The maximum Gasteiger partial charge on any atom is 0.260 e. The molecule has 0 fully saturated rings.